The molecule has 3 rings (SSSR count). The quantitative estimate of drug-likeness (QED) is 0.717. The van der Waals surface area contributed by atoms with Gasteiger partial charge in [-0.25, -0.2) is 4.98 Å². The number of nitrogens with zero attached hydrogens (tertiary/aromatic N) is 4. The lowest BCUT2D eigenvalue weighted by Gasteiger charge is -2.07. The van der Waals surface area contributed by atoms with Crippen LogP contribution in [0.2, 0.25) is 0 Å². The summed E-state index contributed by atoms with van der Waals surface area (Å²) >= 11 is 0. The topological polar surface area (TPSA) is 83.0 Å². The number of methoxy groups -OCH3 is 1. The summed E-state index contributed by atoms with van der Waals surface area (Å²) in [6, 6.07) is 6.37. The summed E-state index contributed by atoms with van der Waals surface area (Å²) < 4.78 is 47.9. The molecular weight excluding hydrogens is 341 g/mol. The van der Waals surface area contributed by atoms with E-state index in [-0.39, 0.29) is 23.7 Å². The second kappa shape index (κ2) is 6.38. The lowest BCUT2D eigenvalue weighted by molar-refractivity contribution is -0.159. The first-order valence-electron chi connectivity index (χ1n) is 6.97. The Bertz CT molecular complexity index is 932. The molecule has 1 aromatic carbocycles. The molecule has 0 amide bonds. The van der Waals surface area contributed by atoms with Crippen LogP contribution in [0.5, 0.6) is 5.75 Å². The van der Waals surface area contributed by atoms with Crippen molar-refractivity contribution in [2.75, 3.05) is 7.11 Å². The van der Waals surface area contributed by atoms with E-state index in [2.05, 4.69) is 19.6 Å². The molecule has 0 aliphatic rings. The largest absolute Gasteiger partial charge is 0.490 e. The number of rotatable bonds is 4. The Hall–Kier alpha value is -3.17. The lowest BCUT2D eigenvalue weighted by atomic mass is 10.1. The molecule has 10 heteroatoms. The zero-order valence-electron chi connectivity index (χ0n) is 12.8. The van der Waals surface area contributed by atoms with Crippen LogP contribution in [-0.2, 0) is 12.7 Å². The summed E-state index contributed by atoms with van der Waals surface area (Å²) in [4.78, 5) is 19.3. The van der Waals surface area contributed by atoms with E-state index in [0.29, 0.717) is 5.56 Å². The first kappa shape index (κ1) is 16.7. The van der Waals surface area contributed by atoms with Gasteiger partial charge in [0.1, 0.15) is 0 Å². The van der Waals surface area contributed by atoms with Gasteiger partial charge in [-0.2, -0.15) is 18.2 Å². The molecule has 2 heterocycles. The fourth-order valence-electron chi connectivity index (χ4n) is 2.10. The Morgan fingerprint density at radius 2 is 1.96 bits per heavy atom. The highest BCUT2D eigenvalue weighted by Crippen LogP contribution is 2.29. The van der Waals surface area contributed by atoms with Crippen molar-refractivity contribution in [3.63, 3.8) is 0 Å². The Balaban J connectivity index is 1.81. The Kier molecular flexibility index (Phi) is 4.26. The predicted octanol–water partition coefficient (Wildman–Crippen LogP) is 2.37. The van der Waals surface area contributed by atoms with Crippen molar-refractivity contribution in [2.45, 2.75) is 12.7 Å². The molecular formula is C15H11F3N4O3. The molecule has 0 radical (unpaired) electrons. The molecule has 0 fully saturated rings. The predicted molar refractivity (Wildman–Crippen MR) is 78.9 cm³/mol. The van der Waals surface area contributed by atoms with Crippen LogP contribution in [-0.4, -0.2) is 26.8 Å². The molecule has 0 aliphatic carbocycles. The summed E-state index contributed by atoms with van der Waals surface area (Å²) in [7, 11) is 1.37. The van der Waals surface area contributed by atoms with Gasteiger partial charge in [0, 0.05) is 5.56 Å². The third kappa shape index (κ3) is 3.52. The molecule has 0 unspecified atom stereocenters. The van der Waals surface area contributed by atoms with Gasteiger partial charge in [-0.05, 0) is 5.56 Å². The van der Waals surface area contributed by atoms with Crippen molar-refractivity contribution in [3.05, 3.63) is 58.6 Å². The second-order valence-corrected chi connectivity index (χ2v) is 5.01. The molecule has 2 aromatic heterocycles. The fourth-order valence-corrected chi connectivity index (χ4v) is 2.10. The van der Waals surface area contributed by atoms with Crippen LogP contribution in [0.3, 0.4) is 0 Å². The van der Waals surface area contributed by atoms with Crippen molar-refractivity contribution in [3.8, 4) is 17.1 Å². The molecule has 25 heavy (non-hydrogen) atoms. The molecule has 0 spiro atoms. The van der Waals surface area contributed by atoms with Gasteiger partial charge in [0.05, 0.1) is 26.2 Å². The SMILES string of the molecule is COc1cncn(Cc2ccc(-c3noc(C(F)(F)F)n3)cc2)c1=O. The van der Waals surface area contributed by atoms with E-state index in [9.17, 15) is 18.0 Å². The van der Waals surface area contributed by atoms with Crippen molar-refractivity contribution in [2.24, 2.45) is 0 Å². The van der Waals surface area contributed by atoms with E-state index in [4.69, 9.17) is 4.74 Å². The maximum Gasteiger partial charge on any atom is 0.471 e. The first-order valence-corrected chi connectivity index (χ1v) is 6.97. The standard InChI is InChI=1S/C15H11F3N4O3/c1-24-11-6-19-8-22(13(11)23)7-9-2-4-10(5-3-9)12-20-14(25-21-12)15(16,17)18/h2-6,8H,7H2,1H3. The van der Waals surface area contributed by atoms with E-state index in [1.807, 2.05) is 0 Å². The summed E-state index contributed by atoms with van der Waals surface area (Å²) in [5.74, 6) is -1.45. The van der Waals surface area contributed by atoms with E-state index in [1.54, 1.807) is 24.3 Å². The highest BCUT2D eigenvalue weighted by Gasteiger charge is 2.38. The van der Waals surface area contributed by atoms with Crippen molar-refractivity contribution < 1.29 is 22.4 Å². The molecule has 0 atom stereocenters. The van der Waals surface area contributed by atoms with Crippen molar-refractivity contribution >= 4 is 0 Å². The third-order valence-electron chi connectivity index (χ3n) is 3.32. The van der Waals surface area contributed by atoms with Crippen LogP contribution in [0, 0.1) is 0 Å². The van der Waals surface area contributed by atoms with Crippen LogP contribution in [0.4, 0.5) is 13.2 Å². The van der Waals surface area contributed by atoms with Crippen molar-refractivity contribution in [1.82, 2.24) is 19.7 Å². The molecule has 7 nitrogen and oxygen atoms in total. The lowest BCUT2D eigenvalue weighted by Crippen LogP contribution is -2.21. The number of aromatic nitrogens is 4. The summed E-state index contributed by atoms with van der Waals surface area (Å²) in [5, 5.41) is 3.32. The molecule has 0 bridgehead atoms. The van der Waals surface area contributed by atoms with Crippen LogP contribution in [0.25, 0.3) is 11.4 Å². The highest BCUT2D eigenvalue weighted by atomic mass is 19.4. The third-order valence-corrected chi connectivity index (χ3v) is 3.32. The fraction of sp³-hybridized carbons (Fsp3) is 0.200. The summed E-state index contributed by atoms with van der Waals surface area (Å²) in [5.41, 5.74) is 0.758. The average Bonchev–Trinajstić information content (AvgIpc) is 3.08. The molecule has 3 aromatic rings. The van der Waals surface area contributed by atoms with E-state index in [0.717, 1.165) is 5.56 Å². The van der Waals surface area contributed by atoms with Crippen LogP contribution >= 0.6 is 0 Å². The smallest absolute Gasteiger partial charge is 0.471 e. The number of benzene rings is 1. The van der Waals surface area contributed by atoms with Gasteiger partial charge in [0.2, 0.25) is 11.6 Å². The summed E-state index contributed by atoms with van der Waals surface area (Å²) in [6.07, 6.45) is -2.00. The molecule has 0 N–H and O–H groups in total. The van der Waals surface area contributed by atoms with Gasteiger partial charge >= 0.3 is 12.1 Å². The number of hydrogen-bond donors (Lipinski definition) is 0. The summed E-state index contributed by atoms with van der Waals surface area (Å²) in [6.45, 7) is 0.226. The van der Waals surface area contributed by atoms with Gasteiger partial charge in [-0.15, -0.1) is 0 Å². The van der Waals surface area contributed by atoms with E-state index in [1.165, 1.54) is 24.2 Å². The maximum absolute atomic E-state index is 12.5. The van der Waals surface area contributed by atoms with Gasteiger partial charge in [0.25, 0.3) is 5.56 Å². The Morgan fingerprint density at radius 1 is 1.24 bits per heavy atom. The first-order chi connectivity index (χ1) is 11.9. The average molecular weight is 352 g/mol. The monoisotopic (exact) mass is 352 g/mol. The number of hydrogen-bond acceptors (Lipinski definition) is 6. The molecule has 0 aliphatic heterocycles. The molecule has 0 saturated heterocycles. The number of halogens is 3. The van der Waals surface area contributed by atoms with Gasteiger partial charge in [-0.3, -0.25) is 9.36 Å². The van der Waals surface area contributed by atoms with E-state index >= 15 is 0 Å². The second-order valence-electron chi connectivity index (χ2n) is 5.01. The van der Waals surface area contributed by atoms with Gasteiger partial charge in [-0.1, -0.05) is 29.4 Å². The Morgan fingerprint density at radius 3 is 2.56 bits per heavy atom. The molecule has 130 valence electrons. The number of alkyl halides is 3. The number of ether oxygens (including phenoxy) is 1. The zero-order chi connectivity index (χ0) is 18.0. The van der Waals surface area contributed by atoms with Crippen molar-refractivity contribution in [1.29, 1.82) is 0 Å². The zero-order valence-corrected chi connectivity index (χ0v) is 12.8. The van der Waals surface area contributed by atoms with Crippen LogP contribution in [0.15, 0.2) is 46.1 Å². The normalized spacial score (nSPS) is 11.5. The molecule has 0 saturated carbocycles. The Labute approximate surface area is 138 Å². The minimum absolute atomic E-state index is 0.116. The minimum atomic E-state index is -4.69. The highest BCUT2D eigenvalue weighted by molar-refractivity contribution is 5.54. The maximum atomic E-state index is 12.5. The van der Waals surface area contributed by atoms with Gasteiger partial charge < -0.3 is 9.26 Å². The van der Waals surface area contributed by atoms with Crippen LogP contribution < -0.4 is 10.3 Å². The van der Waals surface area contributed by atoms with Gasteiger partial charge in [0.15, 0.2) is 0 Å². The van der Waals surface area contributed by atoms with E-state index < -0.39 is 12.1 Å². The van der Waals surface area contributed by atoms with Crippen LogP contribution in [0.1, 0.15) is 11.5 Å². The minimum Gasteiger partial charge on any atom is -0.490 e.